The number of nitrogens with zero attached hydrogens (tertiary/aromatic N) is 2. The molecule has 9 heteroatoms. The van der Waals surface area contributed by atoms with Crippen molar-refractivity contribution < 1.29 is 42.7 Å². The molecule has 8 nitrogen and oxygen atoms in total. The second-order valence-electron chi connectivity index (χ2n) is 10.7. The Labute approximate surface area is 241 Å². The zero-order chi connectivity index (χ0) is 26.7. The van der Waals surface area contributed by atoms with Crippen LogP contribution in [0.1, 0.15) is 102 Å². The number of aryl methyl sites for hydroxylation is 1. The van der Waals surface area contributed by atoms with E-state index in [4.69, 9.17) is 9.47 Å². The van der Waals surface area contributed by atoms with E-state index in [9.17, 15) is 14.4 Å². The molecule has 1 rings (SSSR count). The Morgan fingerprint density at radius 1 is 0.865 bits per heavy atom. The molecule has 0 aliphatic carbocycles. The van der Waals surface area contributed by atoms with Crippen LogP contribution >= 0.6 is 0 Å². The highest BCUT2D eigenvalue weighted by Gasteiger charge is 2.16. The van der Waals surface area contributed by atoms with E-state index in [0.717, 1.165) is 12.8 Å². The number of carbonyl (C=O) groups excluding carboxylic acids is 1. The number of carbonyl (C=O) groups is 1. The molecule has 216 valence electrons. The summed E-state index contributed by atoms with van der Waals surface area (Å²) in [7, 11) is 4.11. The first-order valence-electron chi connectivity index (χ1n) is 14.1. The van der Waals surface area contributed by atoms with E-state index in [1.165, 1.54) is 81.4 Å². The number of hydrogen-bond donors (Lipinski definition) is 1. The fourth-order valence-electron chi connectivity index (χ4n) is 4.07. The third-order valence-corrected chi connectivity index (χ3v) is 6.70. The van der Waals surface area contributed by atoms with Crippen LogP contribution in [-0.2, 0) is 21.0 Å². The Bertz CT molecular complexity index is 838. The summed E-state index contributed by atoms with van der Waals surface area (Å²) in [5.74, 6) is -0.109. The van der Waals surface area contributed by atoms with Crippen LogP contribution in [0.5, 0.6) is 0 Å². The number of rotatable bonds is 22. The van der Waals surface area contributed by atoms with Crippen LogP contribution < -0.4 is 35.2 Å². The van der Waals surface area contributed by atoms with Crippen LogP contribution in [0.25, 0.3) is 0 Å². The summed E-state index contributed by atoms with van der Waals surface area (Å²) in [5.41, 5.74) is -0.387. The quantitative estimate of drug-likeness (QED) is 0.0909. The number of esters is 1. The Kier molecular flexibility index (Phi) is 21.0. The van der Waals surface area contributed by atoms with Gasteiger partial charge in [0.15, 0.2) is 0 Å². The lowest BCUT2D eigenvalue weighted by molar-refractivity contribution is -0.890. The van der Waals surface area contributed by atoms with Crippen molar-refractivity contribution in [2.45, 2.75) is 110 Å². The van der Waals surface area contributed by atoms with Gasteiger partial charge >= 0.3 is 11.7 Å². The molecule has 0 aliphatic rings. The third kappa shape index (κ3) is 18.7. The normalized spacial score (nSPS) is 11.4. The second kappa shape index (κ2) is 21.7. The van der Waals surface area contributed by atoms with Gasteiger partial charge in [-0.05, 0) is 13.3 Å². The highest BCUT2D eigenvalue weighted by Crippen LogP contribution is 2.13. The van der Waals surface area contributed by atoms with E-state index in [2.05, 4.69) is 26.0 Å². The standard InChI is InChI=1S/C28H51N3O5.HI/c1-5-6-7-8-9-10-11-12-13-14-15-16-17-18-26(32)36-22-20-31(3,4)19-21-35-24-30-23-25(2)27(33)29-28(30)34;/h23H,5-22,24H2,1-4H3;1H. The molecule has 37 heavy (non-hydrogen) atoms. The largest absolute Gasteiger partial charge is 1.00 e. The van der Waals surface area contributed by atoms with E-state index in [-0.39, 0.29) is 42.2 Å². The maximum absolute atomic E-state index is 12.0. The molecule has 0 saturated carbocycles. The minimum absolute atomic E-state index is 0. The van der Waals surface area contributed by atoms with Crippen LogP contribution in [0.15, 0.2) is 15.8 Å². The predicted octanol–water partition coefficient (Wildman–Crippen LogP) is 1.92. The molecule has 0 unspecified atom stereocenters. The van der Waals surface area contributed by atoms with Gasteiger partial charge in [-0.1, -0.05) is 84.0 Å². The lowest BCUT2D eigenvalue weighted by Gasteiger charge is -2.29. The smallest absolute Gasteiger partial charge is 0.330 e. The Hall–Kier alpha value is -1.20. The Morgan fingerprint density at radius 3 is 1.95 bits per heavy atom. The average Bonchev–Trinajstić information content (AvgIpc) is 2.82. The molecule has 0 saturated heterocycles. The highest BCUT2D eigenvalue weighted by molar-refractivity contribution is 5.69. The van der Waals surface area contributed by atoms with E-state index in [1.807, 2.05) is 0 Å². The third-order valence-electron chi connectivity index (χ3n) is 6.70. The number of H-pyrrole nitrogens is 1. The summed E-state index contributed by atoms with van der Waals surface area (Å²) in [6.07, 6.45) is 18.8. The number of likely N-dealkylation sites (N-methyl/N-ethyl adjacent to an activating group) is 1. The fourth-order valence-corrected chi connectivity index (χ4v) is 4.07. The second-order valence-corrected chi connectivity index (χ2v) is 10.7. The van der Waals surface area contributed by atoms with Crippen molar-refractivity contribution in [2.75, 3.05) is 40.4 Å². The zero-order valence-electron chi connectivity index (χ0n) is 23.8. The summed E-state index contributed by atoms with van der Waals surface area (Å²) in [6.45, 7) is 6.25. The number of nitrogens with one attached hydrogen (secondary N) is 1. The molecule has 1 heterocycles. The SMILES string of the molecule is CCCCCCCCCCCCCCCC(=O)OCC[N+](C)(C)CCOCn1cc(C)c(=O)[nH]c1=O.[I-]. The Morgan fingerprint density at radius 2 is 1.38 bits per heavy atom. The monoisotopic (exact) mass is 637 g/mol. The van der Waals surface area contributed by atoms with Gasteiger partial charge in [0.2, 0.25) is 0 Å². The van der Waals surface area contributed by atoms with Gasteiger partial charge in [0.25, 0.3) is 5.56 Å². The van der Waals surface area contributed by atoms with Crippen molar-refractivity contribution in [3.63, 3.8) is 0 Å². The molecular weight excluding hydrogens is 585 g/mol. The van der Waals surface area contributed by atoms with Gasteiger partial charge in [-0.25, -0.2) is 4.79 Å². The summed E-state index contributed by atoms with van der Waals surface area (Å²) in [4.78, 5) is 37.5. The van der Waals surface area contributed by atoms with Crippen molar-refractivity contribution in [3.8, 4) is 0 Å². The lowest BCUT2D eigenvalue weighted by Crippen LogP contribution is -3.00. The van der Waals surface area contributed by atoms with Crippen molar-refractivity contribution in [1.29, 1.82) is 0 Å². The van der Waals surface area contributed by atoms with Crippen LogP contribution in [0, 0.1) is 6.92 Å². The molecule has 0 spiro atoms. The maximum atomic E-state index is 12.0. The lowest BCUT2D eigenvalue weighted by atomic mass is 10.0. The summed E-state index contributed by atoms with van der Waals surface area (Å²) in [6, 6.07) is 0. The summed E-state index contributed by atoms with van der Waals surface area (Å²) in [5, 5.41) is 0. The maximum Gasteiger partial charge on any atom is 0.330 e. The number of ether oxygens (including phenoxy) is 2. The van der Waals surface area contributed by atoms with Crippen molar-refractivity contribution in [1.82, 2.24) is 9.55 Å². The van der Waals surface area contributed by atoms with Crippen molar-refractivity contribution in [2.24, 2.45) is 0 Å². The van der Waals surface area contributed by atoms with Gasteiger partial charge in [-0.2, -0.15) is 0 Å². The number of halogens is 1. The van der Waals surface area contributed by atoms with Gasteiger partial charge in [-0.15, -0.1) is 0 Å². The molecule has 0 bridgehead atoms. The van der Waals surface area contributed by atoms with E-state index in [1.54, 1.807) is 6.92 Å². The highest BCUT2D eigenvalue weighted by atomic mass is 127. The topological polar surface area (TPSA) is 90.4 Å². The molecule has 0 aliphatic heterocycles. The van der Waals surface area contributed by atoms with Crippen LogP contribution in [0.4, 0.5) is 0 Å². The molecule has 0 fully saturated rings. The van der Waals surface area contributed by atoms with Gasteiger partial charge in [-0.3, -0.25) is 19.1 Å². The van der Waals surface area contributed by atoms with Crippen LogP contribution in [0.2, 0.25) is 0 Å². The molecule has 0 radical (unpaired) electrons. The van der Waals surface area contributed by atoms with E-state index in [0.29, 0.717) is 42.8 Å². The van der Waals surface area contributed by atoms with E-state index >= 15 is 0 Å². The molecule has 1 aromatic heterocycles. The number of aromatic nitrogens is 2. The molecule has 1 aromatic rings. The molecule has 0 amide bonds. The first-order valence-corrected chi connectivity index (χ1v) is 14.1. The minimum atomic E-state index is -0.477. The first kappa shape index (κ1) is 35.8. The Balaban J connectivity index is 0.0000130. The van der Waals surface area contributed by atoms with Crippen molar-refractivity contribution >= 4 is 5.97 Å². The first-order chi connectivity index (χ1) is 17.2. The van der Waals surface area contributed by atoms with Crippen molar-refractivity contribution in [3.05, 3.63) is 32.6 Å². The van der Waals surface area contributed by atoms with Gasteiger partial charge in [0, 0.05) is 18.2 Å². The minimum Gasteiger partial charge on any atom is -1.00 e. The zero-order valence-corrected chi connectivity index (χ0v) is 26.0. The number of unbranched alkanes of at least 4 members (excludes halogenated alkanes) is 12. The van der Waals surface area contributed by atoms with Gasteiger partial charge < -0.3 is 37.9 Å². The fraction of sp³-hybridized carbons (Fsp3) is 0.821. The number of aromatic amines is 1. The van der Waals surface area contributed by atoms with E-state index < -0.39 is 5.69 Å². The van der Waals surface area contributed by atoms with Crippen LogP contribution in [0.3, 0.4) is 0 Å². The van der Waals surface area contributed by atoms with Crippen LogP contribution in [-0.4, -0.2) is 60.4 Å². The molecule has 0 atom stereocenters. The number of quaternary nitrogens is 1. The average molecular weight is 638 g/mol. The number of hydrogen-bond acceptors (Lipinski definition) is 5. The molecule has 0 aromatic carbocycles. The van der Waals surface area contributed by atoms with Gasteiger partial charge in [0.1, 0.15) is 26.4 Å². The molecule has 1 N–H and O–H groups in total. The molecular formula is C28H52IN3O5. The predicted molar refractivity (Wildman–Crippen MR) is 145 cm³/mol. The van der Waals surface area contributed by atoms with Gasteiger partial charge in [0.05, 0.1) is 20.7 Å². The summed E-state index contributed by atoms with van der Waals surface area (Å²) >= 11 is 0. The summed E-state index contributed by atoms with van der Waals surface area (Å²) < 4.78 is 13.0.